The number of unbranched alkanes of at least 4 members (excludes halogenated alkanes) is 2. The predicted molar refractivity (Wildman–Crippen MR) is 120 cm³/mol. The molecule has 2 aromatic carbocycles. The minimum absolute atomic E-state index is 0.322. The number of halogens is 3. The molecule has 2 aromatic rings. The first-order valence-corrected chi connectivity index (χ1v) is 11.7. The number of hydrogen-bond acceptors (Lipinski definition) is 2. The molecule has 2 rings (SSSR count). The fourth-order valence-electron chi connectivity index (χ4n) is 1.52. The fraction of sp³-hybridized carbons (Fsp3) is 0.400. The third-order valence-corrected chi connectivity index (χ3v) is 4.50. The quantitative estimate of drug-likeness (QED) is 0.285. The lowest BCUT2D eigenvalue weighted by atomic mass is 10.3. The van der Waals surface area contributed by atoms with Gasteiger partial charge in [-0.25, -0.2) is 0 Å². The summed E-state index contributed by atoms with van der Waals surface area (Å²) in [5.74, 6) is 1.29. The average Bonchev–Trinajstić information content (AvgIpc) is 2.66. The Morgan fingerprint density at radius 2 is 1.08 bits per heavy atom. The van der Waals surface area contributed by atoms with E-state index in [1.54, 1.807) is 24.3 Å². The van der Waals surface area contributed by atoms with Crippen molar-refractivity contribution >= 4 is 47.8 Å². The van der Waals surface area contributed by atoms with Crippen LogP contribution in [0.4, 0.5) is 0 Å². The average molecular weight is 539 g/mol. The van der Waals surface area contributed by atoms with E-state index in [-0.39, 0.29) is 0 Å². The van der Waals surface area contributed by atoms with E-state index >= 15 is 0 Å². The summed E-state index contributed by atoms with van der Waals surface area (Å²) in [7, 11) is 0. The summed E-state index contributed by atoms with van der Waals surface area (Å²) in [4.78, 5) is 0. The van der Waals surface area contributed by atoms with Crippen molar-refractivity contribution in [2.75, 3.05) is 22.6 Å². The molecule has 0 saturated carbocycles. The summed E-state index contributed by atoms with van der Waals surface area (Å²) < 4.78 is 5.49. The summed E-state index contributed by atoms with van der Waals surface area (Å²) in [6.07, 6.45) is 4.85. The Labute approximate surface area is 177 Å². The maximum Gasteiger partial charge on any atom is 0.119 e. The van der Waals surface area contributed by atoms with E-state index < -0.39 is 0 Å². The largest absolute Gasteiger partial charge is 0.508 e. The van der Waals surface area contributed by atoms with Gasteiger partial charge in [-0.15, -0.1) is 0 Å². The molecule has 0 heterocycles. The zero-order valence-electron chi connectivity index (χ0n) is 14.4. The van der Waals surface area contributed by atoms with Crippen molar-refractivity contribution < 1.29 is 9.84 Å². The minimum atomic E-state index is 0.322. The van der Waals surface area contributed by atoms with Gasteiger partial charge in [0.05, 0.1) is 6.61 Å². The molecule has 0 radical (unpaired) electrons. The van der Waals surface area contributed by atoms with Crippen LogP contribution in [0.25, 0.3) is 0 Å². The number of para-hydroxylation sites is 2. The van der Waals surface area contributed by atoms with Gasteiger partial charge in [0.1, 0.15) is 11.5 Å². The first-order valence-electron chi connectivity index (χ1n) is 8.34. The number of alkyl halides is 3. The second kappa shape index (κ2) is 19.8. The van der Waals surface area contributed by atoms with Crippen LogP contribution in [0.2, 0.25) is 0 Å². The summed E-state index contributed by atoms with van der Waals surface area (Å²) in [6.45, 7) is 0.815. The lowest BCUT2D eigenvalue weighted by Crippen LogP contribution is -1.96. The molecule has 0 amide bonds. The van der Waals surface area contributed by atoms with Crippen LogP contribution < -0.4 is 4.74 Å². The number of hydrogen-bond donors (Lipinski definition) is 1. The van der Waals surface area contributed by atoms with Gasteiger partial charge in [-0.05, 0) is 49.9 Å². The minimum Gasteiger partial charge on any atom is -0.508 e. The van der Waals surface area contributed by atoms with Crippen molar-refractivity contribution in [3.63, 3.8) is 0 Å². The van der Waals surface area contributed by atoms with Crippen LogP contribution in [-0.4, -0.2) is 27.7 Å². The van der Waals surface area contributed by atoms with E-state index in [2.05, 4.69) is 47.8 Å². The summed E-state index contributed by atoms with van der Waals surface area (Å²) in [5.41, 5.74) is 0. The van der Waals surface area contributed by atoms with E-state index in [0.29, 0.717) is 5.75 Å². The van der Waals surface area contributed by atoms with Crippen molar-refractivity contribution in [1.29, 1.82) is 0 Å². The lowest BCUT2D eigenvalue weighted by molar-refractivity contribution is 0.310. The standard InChI is InChI=1S/C10H13BrO.C6H6O.C4H8Br2/c11-8-4-5-9-12-10-6-2-1-3-7-10;7-6-4-2-1-3-5-6;5-3-1-2-4-6/h1-3,6-7H,4-5,8-9H2;1-5,7H;1-4H2. The zero-order chi connectivity index (χ0) is 18.6. The maximum atomic E-state index is 8.63. The van der Waals surface area contributed by atoms with Gasteiger partial charge < -0.3 is 9.84 Å². The Balaban J connectivity index is 0.000000378. The molecule has 1 N–H and O–H groups in total. The van der Waals surface area contributed by atoms with Crippen LogP contribution in [0.15, 0.2) is 60.7 Å². The van der Waals surface area contributed by atoms with Crippen molar-refractivity contribution in [2.45, 2.75) is 25.7 Å². The highest BCUT2D eigenvalue weighted by Gasteiger charge is 1.90. The van der Waals surface area contributed by atoms with Crippen molar-refractivity contribution in [1.82, 2.24) is 0 Å². The molecular formula is C20H27Br3O2. The smallest absolute Gasteiger partial charge is 0.119 e. The van der Waals surface area contributed by atoms with E-state index in [4.69, 9.17) is 9.84 Å². The Bertz CT molecular complexity index is 477. The molecule has 0 aliphatic heterocycles. The van der Waals surface area contributed by atoms with E-state index in [9.17, 15) is 0 Å². The van der Waals surface area contributed by atoms with Crippen molar-refractivity contribution in [3.05, 3.63) is 60.7 Å². The van der Waals surface area contributed by atoms with E-state index in [0.717, 1.165) is 34.8 Å². The highest BCUT2D eigenvalue weighted by Crippen LogP contribution is 2.08. The number of benzene rings is 2. The molecule has 0 aliphatic rings. The molecular weight excluding hydrogens is 512 g/mol. The van der Waals surface area contributed by atoms with Crippen LogP contribution in [-0.2, 0) is 0 Å². The molecule has 2 nitrogen and oxygen atoms in total. The second-order valence-corrected chi connectivity index (χ2v) is 7.36. The van der Waals surface area contributed by atoms with Crippen molar-refractivity contribution in [2.24, 2.45) is 0 Å². The van der Waals surface area contributed by atoms with Crippen LogP contribution in [0.3, 0.4) is 0 Å². The molecule has 5 heteroatoms. The molecule has 0 saturated heterocycles. The first kappa shape index (κ1) is 24.5. The van der Waals surface area contributed by atoms with Crippen LogP contribution >= 0.6 is 47.8 Å². The molecule has 0 aromatic heterocycles. The van der Waals surface area contributed by atoms with Gasteiger partial charge in [0.2, 0.25) is 0 Å². The van der Waals surface area contributed by atoms with Crippen LogP contribution in [0.5, 0.6) is 11.5 Å². The fourth-order valence-corrected chi connectivity index (χ4v) is 2.71. The summed E-state index contributed by atoms with van der Waals surface area (Å²) in [5, 5.41) is 12.0. The third-order valence-electron chi connectivity index (χ3n) is 2.81. The maximum absolute atomic E-state index is 8.63. The van der Waals surface area contributed by atoms with E-state index in [1.165, 1.54) is 19.3 Å². The topological polar surface area (TPSA) is 29.5 Å². The number of aromatic hydroxyl groups is 1. The van der Waals surface area contributed by atoms with Gasteiger partial charge in [0, 0.05) is 16.0 Å². The zero-order valence-corrected chi connectivity index (χ0v) is 19.2. The van der Waals surface area contributed by atoms with Gasteiger partial charge in [0.25, 0.3) is 0 Å². The molecule has 0 unspecified atom stereocenters. The normalized spacial score (nSPS) is 9.24. The molecule has 0 bridgehead atoms. The molecule has 0 atom stereocenters. The predicted octanol–water partition coefficient (Wildman–Crippen LogP) is 7.19. The highest BCUT2D eigenvalue weighted by molar-refractivity contribution is 9.09. The number of phenolic OH excluding ortho intramolecular Hbond substituents is 1. The number of rotatable bonds is 8. The van der Waals surface area contributed by atoms with E-state index in [1.807, 2.05) is 36.4 Å². The van der Waals surface area contributed by atoms with Gasteiger partial charge in [0.15, 0.2) is 0 Å². The highest BCUT2D eigenvalue weighted by atomic mass is 79.9. The summed E-state index contributed by atoms with van der Waals surface area (Å²) >= 11 is 10.0. The van der Waals surface area contributed by atoms with Crippen LogP contribution in [0, 0.1) is 0 Å². The second-order valence-electron chi connectivity index (χ2n) is 4.98. The van der Waals surface area contributed by atoms with Crippen LogP contribution in [0.1, 0.15) is 25.7 Å². The Morgan fingerprint density at radius 3 is 1.48 bits per heavy atom. The Morgan fingerprint density at radius 1 is 0.640 bits per heavy atom. The Kier molecular flexibility index (Phi) is 19.4. The molecule has 0 spiro atoms. The van der Waals surface area contributed by atoms with Crippen molar-refractivity contribution in [3.8, 4) is 11.5 Å². The lowest BCUT2D eigenvalue weighted by Gasteiger charge is -2.03. The number of ether oxygens (including phenoxy) is 1. The first-order chi connectivity index (χ1) is 12.2. The van der Waals surface area contributed by atoms with Gasteiger partial charge in [-0.1, -0.05) is 84.2 Å². The molecule has 0 aliphatic carbocycles. The SMILES string of the molecule is BrCCCCBr.BrCCCCOc1ccccc1.Oc1ccccc1. The summed E-state index contributed by atoms with van der Waals surface area (Å²) in [6, 6.07) is 18.6. The third kappa shape index (κ3) is 18.1. The van der Waals surface area contributed by atoms with Gasteiger partial charge in [-0.3, -0.25) is 0 Å². The Hall–Kier alpha value is -0.520. The molecule has 140 valence electrons. The molecule has 0 fully saturated rings. The molecule has 25 heavy (non-hydrogen) atoms. The monoisotopic (exact) mass is 536 g/mol. The number of phenols is 1. The van der Waals surface area contributed by atoms with Gasteiger partial charge >= 0.3 is 0 Å². The van der Waals surface area contributed by atoms with Gasteiger partial charge in [-0.2, -0.15) is 0 Å².